The van der Waals surface area contributed by atoms with E-state index in [-0.39, 0.29) is 12.4 Å². The first-order valence-corrected chi connectivity index (χ1v) is 10.8. The second kappa shape index (κ2) is 7.87. The van der Waals surface area contributed by atoms with E-state index in [1.807, 2.05) is 6.92 Å². The number of H-pyrrole nitrogens is 1. The van der Waals surface area contributed by atoms with Gasteiger partial charge in [-0.3, -0.25) is 23.4 Å². The van der Waals surface area contributed by atoms with Crippen LogP contribution in [-0.2, 0) is 25.0 Å². The number of hydrogen-bond acceptors (Lipinski definition) is 9. The molecule has 1 unspecified atom stereocenters. The average Bonchev–Trinajstić information content (AvgIpc) is 2.95. The lowest BCUT2D eigenvalue weighted by atomic mass is 10.1. The number of alkyl halides is 1. The third-order valence-corrected chi connectivity index (χ3v) is 6.37. The second-order valence-electron chi connectivity index (χ2n) is 7.53. The van der Waals surface area contributed by atoms with Crippen LogP contribution in [0.2, 0.25) is 0 Å². The molecule has 1 aromatic carbocycles. The number of aromatic amines is 1. The van der Waals surface area contributed by atoms with Crippen LogP contribution >= 0.6 is 7.82 Å². The summed E-state index contributed by atoms with van der Waals surface area (Å²) in [6, 6.07) is 3.53. The molecule has 5 atom stereocenters. The minimum absolute atomic E-state index is 0.144. The number of rotatable bonds is 4. The van der Waals surface area contributed by atoms with Gasteiger partial charge >= 0.3 is 13.5 Å². The Bertz CT molecular complexity index is 1230. The minimum Gasteiger partial charge on any atom is -0.403 e. The van der Waals surface area contributed by atoms with Gasteiger partial charge in [0.2, 0.25) is 5.82 Å². The number of fused-ring (bicyclic) bond motifs is 1. The van der Waals surface area contributed by atoms with Gasteiger partial charge in [0, 0.05) is 5.56 Å². The quantitative estimate of drug-likeness (QED) is 0.548. The van der Waals surface area contributed by atoms with Crippen LogP contribution in [0.5, 0.6) is 5.75 Å². The Morgan fingerprint density at radius 2 is 2.06 bits per heavy atom. The van der Waals surface area contributed by atoms with Crippen molar-refractivity contribution < 1.29 is 41.9 Å². The van der Waals surface area contributed by atoms with Crippen molar-refractivity contribution in [3.05, 3.63) is 61.7 Å². The van der Waals surface area contributed by atoms with Crippen molar-refractivity contribution in [2.45, 2.75) is 44.7 Å². The molecule has 1 saturated heterocycles. The molecule has 11 nitrogen and oxygen atoms in total. The summed E-state index contributed by atoms with van der Waals surface area (Å²) in [6.45, 7) is 2.20. The monoisotopic (exact) mass is 476 g/mol. The van der Waals surface area contributed by atoms with E-state index in [0.717, 1.165) is 5.56 Å². The SMILES string of the molecule is Cc1cc(C)c2c(c1)COP(=O)(OC[C@@]1(F)O[C@@H](n3cc(F)c(=O)[nH]c3=O)[C@H](O)[C@@H]1O)O2. The number of phosphoric ester groups is 1. The van der Waals surface area contributed by atoms with E-state index < -0.39 is 55.8 Å². The Balaban J connectivity index is 1.53. The van der Waals surface area contributed by atoms with Crippen molar-refractivity contribution in [3.63, 3.8) is 0 Å². The number of hydrogen-bond donors (Lipinski definition) is 3. The number of halogens is 2. The zero-order chi connectivity index (χ0) is 23.4. The molecule has 2 aliphatic rings. The normalized spacial score (nSPS) is 31.9. The van der Waals surface area contributed by atoms with E-state index in [2.05, 4.69) is 0 Å². The molecule has 0 amide bonds. The van der Waals surface area contributed by atoms with Gasteiger partial charge in [0.15, 0.2) is 6.23 Å². The average molecular weight is 476 g/mol. The maximum atomic E-state index is 15.3. The summed E-state index contributed by atoms with van der Waals surface area (Å²) in [4.78, 5) is 24.7. The van der Waals surface area contributed by atoms with Crippen LogP contribution in [0, 0.1) is 19.7 Å². The first-order valence-electron chi connectivity index (χ1n) is 9.35. The van der Waals surface area contributed by atoms with Gasteiger partial charge in [0.05, 0.1) is 12.8 Å². The molecular weight excluding hydrogens is 457 g/mol. The zero-order valence-corrected chi connectivity index (χ0v) is 17.7. The van der Waals surface area contributed by atoms with Crippen LogP contribution in [-0.4, -0.2) is 44.4 Å². The molecule has 1 aromatic heterocycles. The fourth-order valence-corrected chi connectivity index (χ4v) is 4.84. The molecule has 32 heavy (non-hydrogen) atoms. The van der Waals surface area contributed by atoms with Gasteiger partial charge in [-0.15, -0.1) is 0 Å². The van der Waals surface area contributed by atoms with E-state index in [0.29, 0.717) is 21.9 Å². The molecule has 0 radical (unpaired) electrons. The van der Waals surface area contributed by atoms with Gasteiger partial charge in [0.25, 0.3) is 11.4 Å². The predicted octanol–water partition coefficient (Wildman–Crippen LogP) is 0.943. The highest BCUT2D eigenvalue weighted by Crippen LogP contribution is 2.56. The number of nitrogens with one attached hydrogen (secondary N) is 1. The summed E-state index contributed by atoms with van der Waals surface area (Å²) < 4.78 is 62.4. The molecule has 14 heteroatoms. The van der Waals surface area contributed by atoms with E-state index in [1.165, 1.54) is 0 Å². The molecule has 1 fully saturated rings. The lowest BCUT2D eigenvalue weighted by molar-refractivity contribution is -0.205. The van der Waals surface area contributed by atoms with Crippen molar-refractivity contribution in [3.8, 4) is 5.75 Å². The fraction of sp³-hybridized carbons (Fsp3) is 0.444. The Morgan fingerprint density at radius 1 is 1.34 bits per heavy atom. The van der Waals surface area contributed by atoms with E-state index in [9.17, 15) is 28.8 Å². The molecule has 3 heterocycles. The van der Waals surface area contributed by atoms with Crippen LogP contribution in [0.1, 0.15) is 22.9 Å². The second-order valence-corrected chi connectivity index (χ2v) is 9.12. The smallest absolute Gasteiger partial charge is 0.403 e. The third-order valence-electron chi connectivity index (χ3n) is 5.07. The van der Waals surface area contributed by atoms with Gasteiger partial charge in [0.1, 0.15) is 24.6 Å². The first-order chi connectivity index (χ1) is 14.9. The summed E-state index contributed by atoms with van der Waals surface area (Å²) >= 11 is 0. The predicted molar refractivity (Wildman–Crippen MR) is 102 cm³/mol. The van der Waals surface area contributed by atoms with E-state index in [1.54, 1.807) is 24.0 Å². The number of nitrogens with zero attached hydrogens (tertiary/aromatic N) is 1. The van der Waals surface area contributed by atoms with Gasteiger partial charge < -0.3 is 19.5 Å². The molecule has 0 bridgehead atoms. The molecule has 4 rings (SSSR count). The molecule has 2 aromatic rings. The van der Waals surface area contributed by atoms with Crippen LogP contribution in [0.25, 0.3) is 0 Å². The largest absolute Gasteiger partial charge is 0.530 e. The Labute approximate surface area is 178 Å². The van der Waals surface area contributed by atoms with E-state index >= 15 is 4.39 Å². The number of ether oxygens (including phenoxy) is 1. The van der Waals surface area contributed by atoms with E-state index in [4.69, 9.17) is 18.3 Å². The maximum absolute atomic E-state index is 15.3. The highest BCUT2D eigenvalue weighted by molar-refractivity contribution is 7.49. The van der Waals surface area contributed by atoms with Crippen LogP contribution in [0.3, 0.4) is 0 Å². The number of aliphatic hydroxyl groups excluding tert-OH is 2. The van der Waals surface area contributed by atoms with Crippen molar-refractivity contribution in [2.75, 3.05) is 6.61 Å². The number of benzene rings is 1. The van der Waals surface area contributed by atoms with Crippen molar-refractivity contribution in [1.82, 2.24) is 9.55 Å². The maximum Gasteiger partial charge on any atom is 0.530 e. The minimum atomic E-state index is -4.33. The lowest BCUT2D eigenvalue weighted by Crippen LogP contribution is -2.43. The summed E-state index contributed by atoms with van der Waals surface area (Å²) in [7, 11) is -4.33. The van der Waals surface area contributed by atoms with Crippen molar-refractivity contribution in [1.29, 1.82) is 0 Å². The zero-order valence-electron chi connectivity index (χ0n) is 16.8. The highest BCUT2D eigenvalue weighted by Gasteiger charge is 2.57. The van der Waals surface area contributed by atoms with Crippen LogP contribution in [0.15, 0.2) is 27.9 Å². The molecule has 3 N–H and O–H groups in total. The molecule has 0 aliphatic carbocycles. The first kappa shape index (κ1) is 22.8. The van der Waals surface area contributed by atoms with Crippen molar-refractivity contribution >= 4 is 7.82 Å². The highest BCUT2D eigenvalue weighted by atomic mass is 31.2. The molecule has 0 saturated carbocycles. The fourth-order valence-electron chi connectivity index (χ4n) is 3.54. The standard InChI is InChI=1S/C18H19F2N2O9P/c1-8-3-9(2)13-10(4-8)6-28-32(27,31-13)29-7-18(20)14(24)12(23)16(30-18)22-5-11(19)15(25)21-17(22)26/h3-5,12,14,16,23-24H,6-7H2,1-2H3,(H,21,25,26)/t12-,14+,16-,18-,32?/m1/s1. The van der Waals surface area contributed by atoms with Crippen molar-refractivity contribution in [2.24, 2.45) is 0 Å². The topological polar surface area (TPSA) is 149 Å². The van der Waals surface area contributed by atoms with Crippen LogP contribution < -0.4 is 15.8 Å². The molecule has 174 valence electrons. The lowest BCUT2D eigenvalue weighted by Gasteiger charge is -2.29. The Morgan fingerprint density at radius 3 is 2.78 bits per heavy atom. The summed E-state index contributed by atoms with van der Waals surface area (Å²) in [5, 5.41) is 20.3. The summed E-state index contributed by atoms with van der Waals surface area (Å²) in [5.41, 5.74) is -0.365. The Hall–Kier alpha value is -2.41. The van der Waals surface area contributed by atoms with Crippen LogP contribution in [0.4, 0.5) is 8.78 Å². The molecular formula is C18H19F2N2O9P. The molecule has 0 spiro atoms. The molecule has 2 aliphatic heterocycles. The number of aryl methyl sites for hydroxylation is 2. The van der Waals surface area contributed by atoms with Gasteiger partial charge in [-0.1, -0.05) is 17.7 Å². The number of aliphatic hydroxyl groups is 2. The third kappa shape index (κ3) is 3.91. The number of aromatic nitrogens is 2. The number of phosphoric acid groups is 1. The van der Waals surface area contributed by atoms with Gasteiger partial charge in [-0.2, -0.15) is 4.39 Å². The summed E-state index contributed by atoms with van der Waals surface area (Å²) in [6.07, 6.45) is -5.88. The summed E-state index contributed by atoms with van der Waals surface area (Å²) in [5.74, 6) is -4.33. The van der Waals surface area contributed by atoms with Gasteiger partial charge in [-0.25, -0.2) is 13.8 Å². The Kier molecular flexibility index (Phi) is 5.60. The van der Waals surface area contributed by atoms with Gasteiger partial charge in [-0.05, 0) is 19.4 Å².